The molecule has 2 rings (SSSR count). The third-order valence-corrected chi connectivity index (χ3v) is 3.18. The van der Waals surface area contributed by atoms with E-state index in [1.807, 2.05) is 13.1 Å². The number of aromatic nitrogens is 2. The van der Waals surface area contributed by atoms with Crippen molar-refractivity contribution < 1.29 is 4.39 Å². The number of benzene rings is 1. The van der Waals surface area contributed by atoms with Gasteiger partial charge >= 0.3 is 0 Å². The van der Waals surface area contributed by atoms with Gasteiger partial charge in [-0.15, -0.1) is 0 Å². The summed E-state index contributed by atoms with van der Waals surface area (Å²) >= 11 is 3.32. The summed E-state index contributed by atoms with van der Waals surface area (Å²) in [7, 11) is 1.83. The minimum absolute atomic E-state index is 0.231. The molecule has 0 radical (unpaired) electrons. The van der Waals surface area contributed by atoms with Gasteiger partial charge in [0.25, 0.3) is 0 Å². The van der Waals surface area contributed by atoms with E-state index in [0.717, 1.165) is 10.2 Å². The summed E-state index contributed by atoms with van der Waals surface area (Å²) in [6, 6.07) is 6.46. The molecule has 2 N–H and O–H groups in total. The highest BCUT2D eigenvalue weighted by molar-refractivity contribution is 9.10. The van der Waals surface area contributed by atoms with Gasteiger partial charge in [0.2, 0.25) is 0 Å². The van der Waals surface area contributed by atoms with E-state index in [1.54, 1.807) is 23.0 Å². The van der Waals surface area contributed by atoms with Gasteiger partial charge in [0.05, 0.1) is 11.7 Å². The van der Waals surface area contributed by atoms with Crippen LogP contribution in [0, 0.1) is 5.82 Å². The van der Waals surface area contributed by atoms with E-state index in [0.29, 0.717) is 12.0 Å². The third kappa shape index (κ3) is 2.73. The van der Waals surface area contributed by atoms with E-state index >= 15 is 0 Å². The summed E-state index contributed by atoms with van der Waals surface area (Å²) in [6.45, 7) is 0. The summed E-state index contributed by atoms with van der Waals surface area (Å²) in [5.74, 6) is -0.231. The van der Waals surface area contributed by atoms with Crippen molar-refractivity contribution in [1.82, 2.24) is 9.78 Å². The van der Waals surface area contributed by atoms with Crippen LogP contribution in [0.2, 0.25) is 0 Å². The maximum absolute atomic E-state index is 13.6. The largest absolute Gasteiger partial charge is 0.322 e. The van der Waals surface area contributed by atoms with Crippen molar-refractivity contribution in [3.63, 3.8) is 0 Å². The van der Waals surface area contributed by atoms with Crippen LogP contribution in [0.5, 0.6) is 0 Å². The van der Waals surface area contributed by atoms with Crippen LogP contribution in [0.1, 0.15) is 17.3 Å². The molecule has 1 atom stereocenters. The normalized spacial score (nSPS) is 12.7. The standard InChI is InChI=1S/C12H13BrFN3/c1-17-12(4-5-16-17)11(15)7-8-6-9(13)2-3-10(8)14/h2-6,11H,7,15H2,1H3. The third-order valence-electron chi connectivity index (χ3n) is 2.69. The lowest BCUT2D eigenvalue weighted by atomic mass is 10.0. The van der Waals surface area contributed by atoms with Crippen molar-refractivity contribution in [2.45, 2.75) is 12.5 Å². The maximum Gasteiger partial charge on any atom is 0.126 e. The molecule has 0 amide bonds. The van der Waals surface area contributed by atoms with Crippen molar-refractivity contribution >= 4 is 15.9 Å². The molecule has 3 nitrogen and oxygen atoms in total. The topological polar surface area (TPSA) is 43.8 Å². The highest BCUT2D eigenvalue weighted by atomic mass is 79.9. The lowest BCUT2D eigenvalue weighted by Crippen LogP contribution is -2.17. The molecule has 0 spiro atoms. The summed E-state index contributed by atoms with van der Waals surface area (Å²) in [6.07, 6.45) is 2.14. The highest BCUT2D eigenvalue weighted by Gasteiger charge is 2.13. The van der Waals surface area contributed by atoms with E-state index in [2.05, 4.69) is 21.0 Å². The second-order valence-corrected chi connectivity index (χ2v) is 4.84. The molecule has 0 bridgehead atoms. The Morgan fingerprint density at radius 2 is 2.24 bits per heavy atom. The molecule has 0 saturated carbocycles. The number of aryl methyl sites for hydroxylation is 1. The average molecular weight is 298 g/mol. The minimum atomic E-state index is -0.258. The molecule has 1 aromatic carbocycles. The Kier molecular flexibility index (Phi) is 3.59. The van der Waals surface area contributed by atoms with Crippen LogP contribution >= 0.6 is 15.9 Å². The monoisotopic (exact) mass is 297 g/mol. The molecular formula is C12H13BrFN3. The first-order valence-corrected chi connectivity index (χ1v) is 6.04. The number of rotatable bonds is 3. The summed E-state index contributed by atoms with van der Waals surface area (Å²) in [5, 5.41) is 4.05. The van der Waals surface area contributed by atoms with Gasteiger partial charge < -0.3 is 5.73 Å². The van der Waals surface area contributed by atoms with Crippen molar-refractivity contribution in [3.8, 4) is 0 Å². The van der Waals surface area contributed by atoms with Gasteiger partial charge in [-0.3, -0.25) is 4.68 Å². The van der Waals surface area contributed by atoms with Crippen LogP contribution in [-0.2, 0) is 13.5 Å². The van der Waals surface area contributed by atoms with Crippen molar-refractivity contribution in [2.24, 2.45) is 12.8 Å². The molecule has 2 aromatic rings. The first kappa shape index (κ1) is 12.3. The molecule has 0 aliphatic rings. The minimum Gasteiger partial charge on any atom is -0.322 e. The SMILES string of the molecule is Cn1nccc1C(N)Cc1cc(Br)ccc1F. The van der Waals surface area contributed by atoms with Gasteiger partial charge in [-0.2, -0.15) is 5.10 Å². The van der Waals surface area contributed by atoms with Crippen LogP contribution in [-0.4, -0.2) is 9.78 Å². The van der Waals surface area contributed by atoms with Gasteiger partial charge in [-0.25, -0.2) is 4.39 Å². The first-order valence-electron chi connectivity index (χ1n) is 5.25. The summed E-state index contributed by atoms with van der Waals surface area (Å²) in [5.41, 5.74) is 7.55. The quantitative estimate of drug-likeness (QED) is 0.946. The Morgan fingerprint density at radius 1 is 1.47 bits per heavy atom. The van der Waals surface area contributed by atoms with E-state index in [1.165, 1.54) is 6.07 Å². The number of hydrogen-bond donors (Lipinski definition) is 1. The molecule has 17 heavy (non-hydrogen) atoms. The average Bonchev–Trinajstić information content (AvgIpc) is 2.70. The zero-order chi connectivity index (χ0) is 12.4. The van der Waals surface area contributed by atoms with Crippen LogP contribution in [0.3, 0.4) is 0 Å². The lowest BCUT2D eigenvalue weighted by Gasteiger charge is -2.12. The Morgan fingerprint density at radius 3 is 2.88 bits per heavy atom. The molecule has 1 unspecified atom stereocenters. The van der Waals surface area contributed by atoms with Crippen LogP contribution < -0.4 is 5.73 Å². The Balaban J connectivity index is 2.21. The molecule has 1 aromatic heterocycles. The van der Waals surface area contributed by atoms with Crippen LogP contribution in [0.15, 0.2) is 34.9 Å². The predicted octanol–water partition coefficient (Wildman–Crippen LogP) is 2.56. The predicted molar refractivity (Wildman–Crippen MR) is 67.9 cm³/mol. The van der Waals surface area contributed by atoms with E-state index in [-0.39, 0.29) is 11.9 Å². The van der Waals surface area contributed by atoms with Crippen LogP contribution in [0.25, 0.3) is 0 Å². The van der Waals surface area contributed by atoms with E-state index in [4.69, 9.17) is 5.73 Å². The van der Waals surface area contributed by atoms with Crippen molar-refractivity contribution in [1.29, 1.82) is 0 Å². The second-order valence-electron chi connectivity index (χ2n) is 3.93. The van der Waals surface area contributed by atoms with Crippen LogP contribution in [0.4, 0.5) is 4.39 Å². The first-order chi connectivity index (χ1) is 8.08. The summed E-state index contributed by atoms with van der Waals surface area (Å²) in [4.78, 5) is 0. The Hall–Kier alpha value is -1.20. The van der Waals surface area contributed by atoms with Gasteiger partial charge in [-0.05, 0) is 36.2 Å². The number of halogens is 2. The second kappa shape index (κ2) is 4.98. The fourth-order valence-electron chi connectivity index (χ4n) is 1.79. The van der Waals surface area contributed by atoms with Gasteiger partial charge in [0.1, 0.15) is 5.82 Å². The van der Waals surface area contributed by atoms with Gasteiger partial charge in [0, 0.05) is 17.7 Å². The van der Waals surface area contributed by atoms with E-state index < -0.39 is 0 Å². The lowest BCUT2D eigenvalue weighted by molar-refractivity contribution is 0.573. The number of nitrogens with two attached hydrogens (primary N) is 1. The molecule has 0 fully saturated rings. The maximum atomic E-state index is 13.6. The zero-order valence-electron chi connectivity index (χ0n) is 9.40. The number of nitrogens with zero attached hydrogens (tertiary/aromatic N) is 2. The fourth-order valence-corrected chi connectivity index (χ4v) is 2.20. The van der Waals surface area contributed by atoms with Gasteiger partial charge in [-0.1, -0.05) is 15.9 Å². The molecule has 5 heteroatoms. The zero-order valence-corrected chi connectivity index (χ0v) is 11.0. The molecule has 0 aliphatic heterocycles. The van der Waals surface area contributed by atoms with Crippen molar-refractivity contribution in [3.05, 3.63) is 52.0 Å². The molecule has 1 heterocycles. The number of hydrogen-bond acceptors (Lipinski definition) is 2. The molecular weight excluding hydrogens is 285 g/mol. The van der Waals surface area contributed by atoms with E-state index in [9.17, 15) is 4.39 Å². The highest BCUT2D eigenvalue weighted by Crippen LogP contribution is 2.21. The van der Waals surface area contributed by atoms with Crippen molar-refractivity contribution in [2.75, 3.05) is 0 Å². The Bertz CT molecular complexity index is 524. The summed E-state index contributed by atoms with van der Waals surface area (Å²) < 4.78 is 16.1. The van der Waals surface area contributed by atoms with Gasteiger partial charge in [0.15, 0.2) is 0 Å². The molecule has 0 aliphatic carbocycles. The Labute approximate surface area is 108 Å². The molecule has 0 saturated heterocycles. The fraction of sp³-hybridized carbons (Fsp3) is 0.250. The smallest absolute Gasteiger partial charge is 0.126 e. The molecule has 90 valence electrons.